The van der Waals surface area contributed by atoms with Crippen LogP contribution in [0.5, 0.6) is 11.6 Å². The number of nitrogens with one attached hydrogen (secondary N) is 1. The van der Waals surface area contributed by atoms with Crippen LogP contribution in [-0.4, -0.2) is 73.0 Å². The first kappa shape index (κ1) is 32.1. The lowest BCUT2D eigenvalue weighted by Gasteiger charge is -2.27. The minimum absolute atomic E-state index is 0.0646. The summed E-state index contributed by atoms with van der Waals surface area (Å²) < 4.78 is 11.3. The Kier molecular flexibility index (Phi) is 10.4. The van der Waals surface area contributed by atoms with Crippen LogP contribution in [0.4, 0.5) is 4.79 Å². The average molecular weight is 619 g/mol. The molecule has 1 aromatic carbocycles. The van der Waals surface area contributed by atoms with E-state index >= 15 is 0 Å². The Labute approximate surface area is 263 Å². The van der Waals surface area contributed by atoms with Crippen LogP contribution in [0, 0.1) is 17.8 Å². The van der Waals surface area contributed by atoms with Gasteiger partial charge in [0, 0.05) is 30.9 Å². The van der Waals surface area contributed by atoms with E-state index in [-0.39, 0.29) is 48.7 Å². The van der Waals surface area contributed by atoms with E-state index in [1.165, 1.54) is 0 Å². The molecule has 1 saturated carbocycles. The monoisotopic (exact) mass is 618 g/mol. The van der Waals surface area contributed by atoms with Crippen LogP contribution in [-0.2, 0) is 27.4 Å². The molecule has 5 rings (SSSR count). The van der Waals surface area contributed by atoms with Gasteiger partial charge in [0.1, 0.15) is 30.7 Å². The summed E-state index contributed by atoms with van der Waals surface area (Å²) in [5, 5.41) is 13.0. The van der Waals surface area contributed by atoms with Gasteiger partial charge in [-0.05, 0) is 56.1 Å². The minimum atomic E-state index is -0.593. The molecule has 240 valence electrons. The summed E-state index contributed by atoms with van der Waals surface area (Å²) in [6, 6.07) is 4.97. The number of Topliss-reactive ketones (excluding diaryl/α,β-unsaturated/α-hetero) is 1. The van der Waals surface area contributed by atoms with Crippen molar-refractivity contribution in [2.75, 3.05) is 13.1 Å². The second-order valence-electron chi connectivity index (χ2n) is 12.4. The van der Waals surface area contributed by atoms with E-state index in [1.807, 2.05) is 32.9 Å². The zero-order chi connectivity index (χ0) is 31.9. The number of unbranched alkanes of at least 4 members (excludes halogenated alkanes) is 2. The average Bonchev–Trinajstić information content (AvgIpc) is 3.65. The highest BCUT2D eigenvalue weighted by Gasteiger charge is 2.41. The number of ketones is 1. The Hall–Kier alpha value is -4.35. The predicted molar refractivity (Wildman–Crippen MR) is 165 cm³/mol. The Morgan fingerprint density at radius 2 is 1.96 bits per heavy atom. The van der Waals surface area contributed by atoms with Gasteiger partial charge < -0.3 is 24.8 Å². The number of amides is 2. The first-order valence-electron chi connectivity index (χ1n) is 15.8. The minimum Gasteiger partial charge on any atom is -0.492 e. The molecule has 1 aliphatic heterocycles. The van der Waals surface area contributed by atoms with Gasteiger partial charge in [-0.15, -0.1) is 0 Å². The number of hydrogen-bond acceptors (Lipinski definition) is 10. The number of fused-ring (bicyclic) bond motifs is 1. The number of aryl methyl sites for hydroxylation is 1. The van der Waals surface area contributed by atoms with Gasteiger partial charge in [-0.3, -0.25) is 19.6 Å². The summed E-state index contributed by atoms with van der Waals surface area (Å²) >= 11 is 0. The van der Waals surface area contributed by atoms with Crippen molar-refractivity contribution in [3.63, 3.8) is 0 Å². The molecule has 1 saturated heterocycles. The van der Waals surface area contributed by atoms with Crippen LogP contribution in [0.3, 0.4) is 0 Å². The van der Waals surface area contributed by atoms with Crippen molar-refractivity contribution < 1.29 is 29.0 Å². The smallest absolute Gasteiger partial charge is 0.407 e. The molecule has 12 nitrogen and oxygen atoms in total. The molecule has 1 aliphatic carbocycles. The third-order valence-electron chi connectivity index (χ3n) is 8.56. The Morgan fingerprint density at radius 3 is 2.73 bits per heavy atom. The van der Waals surface area contributed by atoms with Crippen LogP contribution >= 0.6 is 0 Å². The molecule has 12 heteroatoms. The zero-order valence-corrected chi connectivity index (χ0v) is 26.1. The van der Waals surface area contributed by atoms with E-state index < -0.39 is 12.1 Å². The maximum atomic E-state index is 12.7. The molecule has 2 aliphatic rings. The molecule has 0 bridgehead atoms. The highest BCUT2D eigenvalue weighted by Crippen LogP contribution is 2.38. The topological polar surface area (TPSA) is 157 Å². The maximum Gasteiger partial charge on any atom is 0.407 e. The van der Waals surface area contributed by atoms with E-state index in [4.69, 9.17) is 9.47 Å². The third-order valence-corrected chi connectivity index (χ3v) is 8.56. The fraction of sp³-hybridized carbons (Fsp3) is 0.545. The fourth-order valence-corrected chi connectivity index (χ4v) is 5.85. The largest absolute Gasteiger partial charge is 0.492 e. The van der Waals surface area contributed by atoms with Crippen molar-refractivity contribution in [3.8, 4) is 11.6 Å². The molecule has 4 atom stereocenters. The first-order chi connectivity index (χ1) is 21.7. The van der Waals surface area contributed by atoms with Gasteiger partial charge in [0.15, 0.2) is 5.78 Å². The number of nitrogens with zero attached hydrogens (tertiary/aromatic N) is 5. The van der Waals surface area contributed by atoms with Crippen LogP contribution in [0.15, 0.2) is 36.8 Å². The number of carbonyl (C=O) groups excluding carboxylic acids is 3. The van der Waals surface area contributed by atoms with Crippen molar-refractivity contribution in [2.45, 2.75) is 84.5 Å². The van der Waals surface area contributed by atoms with Gasteiger partial charge in [0.2, 0.25) is 11.8 Å². The number of rotatable bonds is 14. The van der Waals surface area contributed by atoms with Crippen LogP contribution < -0.4 is 10.1 Å². The molecule has 0 spiro atoms. The fourth-order valence-electron chi connectivity index (χ4n) is 5.85. The summed E-state index contributed by atoms with van der Waals surface area (Å²) in [4.78, 5) is 56.4. The molecular formula is C33H42N6O6. The number of carbonyl (C=O) groups is 3. The molecule has 1 unspecified atom stereocenters. The molecule has 2 N–H and O–H groups in total. The van der Waals surface area contributed by atoms with Crippen molar-refractivity contribution in [1.29, 1.82) is 0 Å². The zero-order valence-electron chi connectivity index (χ0n) is 26.1. The van der Waals surface area contributed by atoms with E-state index in [0.29, 0.717) is 47.1 Å². The number of aromatic nitrogens is 4. The Balaban J connectivity index is 0.975. The molecule has 2 fully saturated rings. The second kappa shape index (κ2) is 14.6. The van der Waals surface area contributed by atoms with Crippen molar-refractivity contribution >= 4 is 28.8 Å². The highest BCUT2D eigenvalue weighted by atomic mass is 16.6. The summed E-state index contributed by atoms with van der Waals surface area (Å²) in [6.07, 6.45) is 10.0. The molecule has 3 heterocycles. The SMILES string of the molecule is CC(C)C(=O)[C@@H]1[C@H](C)CCN1C(=O)CNC(=O)OC1C[C@H]1CCCCCc1nc2ccc(OCc3cnccn3)cc2nc1O. The molecule has 3 aromatic rings. The Bertz CT molecular complexity index is 1500. The van der Waals surface area contributed by atoms with E-state index in [1.54, 1.807) is 29.6 Å². The Morgan fingerprint density at radius 1 is 1.11 bits per heavy atom. The standard InChI is InChI=1S/C33H42N6O6/c1-20(2)31(41)30-21(3)11-14-39(30)29(40)18-36-33(43)45-28-15-22(28)7-5-4-6-8-26-32(42)38-27-16-24(9-10-25(27)37-26)44-19-23-17-34-12-13-35-23/h9-10,12-13,16-17,20-22,28,30H,4-8,11,14-15,18-19H2,1-3H3,(H,36,43)(H,38,42)/t21-,22-,28?,30+/m1/s1. The number of alkyl carbamates (subject to hydrolysis) is 1. The van der Waals surface area contributed by atoms with E-state index in [0.717, 1.165) is 38.5 Å². The number of likely N-dealkylation sites (tertiary alicyclic amines) is 1. The number of aromatic hydroxyl groups is 1. The van der Waals surface area contributed by atoms with Crippen LogP contribution in [0.25, 0.3) is 11.0 Å². The summed E-state index contributed by atoms with van der Waals surface area (Å²) in [5.74, 6) is 0.631. The van der Waals surface area contributed by atoms with Gasteiger partial charge in [-0.2, -0.15) is 0 Å². The quantitative estimate of drug-likeness (QED) is 0.249. The van der Waals surface area contributed by atoms with Crippen molar-refractivity contribution in [2.24, 2.45) is 17.8 Å². The number of hydrogen-bond donors (Lipinski definition) is 2. The molecule has 45 heavy (non-hydrogen) atoms. The molecule has 2 amide bonds. The molecular weight excluding hydrogens is 576 g/mol. The van der Waals surface area contributed by atoms with Gasteiger partial charge >= 0.3 is 6.09 Å². The molecule has 0 radical (unpaired) electrons. The maximum absolute atomic E-state index is 12.7. The molecule has 2 aromatic heterocycles. The normalized spacial score (nSPS) is 20.8. The number of benzene rings is 1. The van der Waals surface area contributed by atoms with Crippen molar-refractivity contribution in [3.05, 3.63) is 48.2 Å². The lowest BCUT2D eigenvalue weighted by molar-refractivity contribution is -0.138. The highest BCUT2D eigenvalue weighted by molar-refractivity contribution is 5.92. The van der Waals surface area contributed by atoms with E-state index in [9.17, 15) is 19.5 Å². The summed E-state index contributed by atoms with van der Waals surface area (Å²) in [7, 11) is 0. The van der Waals surface area contributed by atoms with Crippen molar-refractivity contribution in [1.82, 2.24) is 30.2 Å². The van der Waals surface area contributed by atoms with Gasteiger partial charge in [0.25, 0.3) is 0 Å². The van der Waals surface area contributed by atoms with E-state index in [2.05, 4.69) is 25.3 Å². The van der Waals surface area contributed by atoms with Crippen LogP contribution in [0.1, 0.15) is 70.7 Å². The third kappa shape index (κ3) is 8.43. The second-order valence-corrected chi connectivity index (χ2v) is 12.4. The summed E-state index contributed by atoms with van der Waals surface area (Å²) in [5.41, 5.74) is 2.52. The summed E-state index contributed by atoms with van der Waals surface area (Å²) in [6.45, 7) is 6.32. The lowest BCUT2D eigenvalue weighted by Crippen LogP contribution is -2.48. The van der Waals surface area contributed by atoms with Gasteiger partial charge in [-0.1, -0.05) is 33.6 Å². The lowest BCUT2D eigenvalue weighted by atomic mass is 9.92. The predicted octanol–water partition coefficient (Wildman–Crippen LogP) is 4.38. The first-order valence-corrected chi connectivity index (χ1v) is 15.8. The number of ether oxygens (including phenoxy) is 2. The van der Waals surface area contributed by atoms with Gasteiger partial charge in [-0.25, -0.2) is 14.8 Å². The van der Waals surface area contributed by atoms with Gasteiger partial charge in [0.05, 0.1) is 29.0 Å². The van der Waals surface area contributed by atoms with Crippen LogP contribution in [0.2, 0.25) is 0 Å².